The van der Waals surface area contributed by atoms with Crippen LogP contribution in [0.3, 0.4) is 0 Å². The number of hydrogen-bond acceptors (Lipinski definition) is 3. The fourth-order valence-electron chi connectivity index (χ4n) is 9.72. The van der Waals surface area contributed by atoms with Crippen LogP contribution >= 0.6 is 0 Å². The van der Waals surface area contributed by atoms with E-state index in [0.717, 1.165) is 90.8 Å². The zero-order valence-electron chi connectivity index (χ0n) is 35.5. The maximum atomic E-state index is 11.2. The third kappa shape index (κ3) is 6.84. The molecule has 0 N–H and O–H groups in total. The molecule has 1 atom stereocenters. The molecule has 11 aromatic rings. The minimum absolute atomic E-state index is 0.257. The number of aldehydes is 1. The van der Waals surface area contributed by atoms with Gasteiger partial charge in [0.05, 0.1) is 11.0 Å². The monoisotopic (exact) mass is 834 g/mol. The number of nitrogens with zero attached hydrogens (tertiary/aromatic N) is 2. The zero-order chi connectivity index (χ0) is 43.3. The van der Waals surface area contributed by atoms with Gasteiger partial charge < -0.3 is 13.9 Å². The quantitative estimate of drug-likeness (QED) is 0.136. The molecule has 65 heavy (non-hydrogen) atoms. The third-order valence-electron chi connectivity index (χ3n) is 13.1. The van der Waals surface area contributed by atoms with Crippen LogP contribution in [0.1, 0.15) is 28.3 Å². The van der Waals surface area contributed by atoms with Gasteiger partial charge in [0, 0.05) is 61.3 Å². The van der Waals surface area contributed by atoms with Crippen LogP contribution in [-0.4, -0.2) is 10.9 Å². The van der Waals surface area contributed by atoms with Gasteiger partial charge in [0.2, 0.25) is 0 Å². The van der Waals surface area contributed by atoms with Crippen molar-refractivity contribution >= 4 is 61.4 Å². The number of benzene rings is 9. The Bertz CT molecular complexity index is 3560. The first-order valence-corrected chi connectivity index (χ1v) is 22.2. The Morgan fingerprint density at radius 2 is 1.02 bits per heavy atom. The lowest BCUT2D eigenvalue weighted by Crippen LogP contribution is -2.17. The SMILES string of the molecule is O=Cc1ccc(-c2ccc(-c3ccc(N(C4=CCC(c5ccc(-n6c7ccccc7c7ccccc76)cc5)C=C4)c4ccc(-c5cccc6c5oc5ccccc56)cc4)cc3)cc2)cc1. The van der Waals surface area contributed by atoms with Crippen LogP contribution in [0.2, 0.25) is 0 Å². The Kier molecular flexibility index (Phi) is 9.42. The van der Waals surface area contributed by atoms with E-state index in [4.69, 9.17) is 4.42 Å². The topological polar surface area (TPSA) is 38.4 Å². The van der Waals surface area contributed by atoms with E-state index in [1.807, 2.05) is 36.4 Å². The molecule has 4 nitrogen and oxygen atoms in total. The second kappa shape index (κ2) is 16.0. The Balaban J connectivity index is 0.855. The van der Waals surface area contributed by atoms with E-state index in [9.17, 15) is 4.79 Å². The Morgan fingerprint density at radius 3 is 1.60 bits per heavy atom. The summed E-state index contributed by atoms with van der Waals surface area (Å²) >= 11 is 0. The molecule has 1 unspecified atom stereocenters. The molecule has 0 amide bonds. The molecular formula is C61H42N2O2. The fraction of sp³-hybridized carbons (Fsp3) is 0.0328. The van der Waals surface area contributed by atoms with Gasteiger partial charge in [-0.05, 0) is 100 Å². The smallest absolute Gasteiger partial charge is 0.150 e. The van der Waals surface area contributed by atoms with Gasteiger partial charge in [0.25, 0.3) is 0 Å². The van der Waals surface area contributed by atoms with E-state index in [-0.39, 0.29) is 5.92 Å². The number of hydrogen-bond donors (Lipinski definition) is 0. The highest BCUT2D eigenvalue weighted by Gasteiger charge is 2.20. The number of para-hydroxylation sites is 4. The third-order valence-corrected chi connectivity index (χ3v) is 13.1. The normalized spacial score (nSPS) is 13.7. The van der Waals surface area contributed by atoms with Crippen molar-refractivity contribution in [2.45, 2.75) is 12.3 Å². The van der Waals surface area contributed by atoms with Crippen molar-refractivity contribution in [3.05, 3.63) is 247 Å². The minimum Gasteiger partial charge on any atom is -0.455 e. The minimum atomic E-state index is 0.257. The van der Waals surface area contributed by atoms with Crippen LogP contribution in [0.15, 0.2) is 241 Å². The van der Waals surface area contributed by atoms with E-state index >= 15 is 0 Å². The molecule has 0 saturated carbocycles. The van der Waals surface area contributed by atoms with Gasteiger partial charge in [0.1, 0.15) is 17.5 Å². The maximum absolute atomic E-state index is 11.2. The highest BCUT2D eigenvalue weighted by molar-refractivity contribution is 6.10. The molecule has 0 fully saturated rings. The second-order valence-corrected chi connectivity index (χ2v) is 16.8. The van der Waals surface area contributed by atoms with E-state index in [1.165, 1.54) is 27.4 Å². The molecule has 0 saturated heterocycles. The standard InChI is InChI=1S/C61H42N2O2/c64-40-41-16-18-42(19-17-41)43-20-22-44(23-21-43)45-24-32-49(33-25-45)62(51-38-30-48(31-39-51)53-11-7-12-57-56-10-3-6-15-60(56)65-61(53)57)50-34-26-46(27-35-50)47-28-36-52(37-29-47)63-58-13-4-1-8-54(58)55-9-2-5-14-59(55)63/h1-26,28-40,46H,27H2. The first-order chi connectivity index (χ1) is 32.2. The Labute approximate surface area is 377 Å². The summed E-state index contributed by atoms with van der Waals surface area (Å²) in [6.45, 7) is 0. The average Bonchev–Trinajstić information content (AvgIpc) is 3.94. The maximum Gasteiger partial charge on any atom is 0.150 e. The summed E-state index contributed by atoms with van der Waals surface area (Å²) in [5, 5.41) is 4.79. The van der Waals surface area contributed by atoms with E-state index in [1.54, 1.807) is 0 Å². The molecule has 308 valence electrons. The van der Waals surface area contributed by atoms with Gasteiger partial charge >= 0.3 is 0 Å². The predicted molar refractivity (Wildman–Crippen MR) is 269 cm³/mol. The van der Waals surface area contributed by atoms with Crippen LogP contribution in [0.25, 0.3) is 82.8 Å². The zero-order valence-corrected chi connectivity index (χ0v) is 35.5. The Morgan fingerprint density at radius 1 is 0.492 bits per heavy atom. The number of rotatable bonds is 9. The number of furan rings is 1. The molecule has 2 aromatic heterocycles. The van der Waals surface area contributed by atoms with Gasteiger partial charge in [-0.3, -0.25) is 4.79 Å². The lowest BCUT2D eigenvalue weighted by Gasteiger charge is -2.29. The van der Waals surface area contributed by atoms with E-state index in [0.29, 0.717) is 5.56 Å². The molecule has 2 heterocycles. The van der Waals surface area contributed by atoms with Crippen molar-refractivity contribution in [2.75, 3.05) is 4.90 Å². The first kappa shape index (κ1) is 38.2. The molecule has 0 radical (unpaired) electrons. The van der Waals surface area contributed by atoms with Crippen LogP contribution < -0.4 is 4.90 Å². The van der Waals surface area contributed by atoms with Crippen molar-refractivity contribution < 1.29 is 9.21 Å². The van der Waals surface area contributed by atoms with Crippen LogP contribution in [-0.2, 0) is 0 Å². The molecule has 12 rings (SSSR count). The van der Waals surface area contributed by atoms with Crippen molar-refractivity contribution in [1.29, 1.82) is 0 Å². The molecule has 0 aliphatic heterocycles. The number of fused-ring (bicyclic) bond motifs is 6. The highest BCUT2D eigenvalue weighted by Crippen LogP contribution is 2.40. The fourth-order valence-corrected chi connectivity index (χ4v) is 9.72. The predicted octanol–water partition coefficient (Wildman–Crippen LogP) is 16.3. The molecule has 1 aliphatic carbocycles. The van der Waals surface area contributed by atoms with Gasteiger partial charge in [-0.2, -0.15) is 0 Å². The van der Waals surface area contributed by atoms with Crippen molar-refractivity contribution in [1.82, 2.24) is 4.57 Å². The van der Waals surface area contributed by atoms with Gasteiger partial charge in [-0.25, -0.2) is 0 Å². The van der Waals surface area contributed by atoms with Gasteiger partial charge in [0.15, 0.2) is 0 Å². The summed E-state index contributed by atoms with van der Waals surface area (Å²) in [6.07, 6.45) is 8.78. The van der Waals surface area contributed by atoms with Crippen molar-refractivity contribution in [3.8, 4) is 39.1 Å². The summed E-state index contributed by atoms with van der Waals surface area (Å²) in [7, 11) is 0. The molecular weight excluding hydrogens is 793 g/mol. The van der Waals surface area contributed by atoms with Crippen molar-refractivity contribution in [2.24, 2.45) is 0 Å². The lowest BCUT2D eigenvalue weighted by atomic mass is 9.91. The number of carbonyl (C=O) groups excluding carboxylic acids is 1. The van der Waals surface area contributed by atoms with Crippen LogP contribution in [0.5, 0.6) is 0 Å². The van der Waals surface area contributed by atoms with Gasteiger partial charge in [-0.1, -0.05) is 170 Å². The average molecular weight is 835 g/mol. The number of carbonyl (C=O) groups is 1. The van der Waals surface area contributed by atoms with E-state index in [2.05, 4.69) is 204 Å². The summed E-state index contributed by atoms with van der Waals surface area (Å²) in [4.78, 5) is 13.5. The first-order valence-electron chi connectivity index (χ1n) is 22.2. The summed E-state index contributed by atoms with van der Waals surface area (Å²) < 4.78 is 8.81. The Hall–Kier alpha value is -8.47. The number of aromatic nitrogens is 1. The largest absolute Gasteiger partial charge is 0.455 e. The van der Waals surface area contributed by atoms with Crippen molar-refractivity contribution in [3.63, 3.8) is 0 Å². The highest BCUT2D eigenvalue weighted by atomic mass is 16.3. The van der Waals surface area contributed by atoms with E-state index < -0.39 is 0 Å². The summed E-state index contributed by atoms with van der Waals surface area (Å²) in [5.74, 6) is 0.257. The van der Waals surface area contributed by atoms with Crippen LogP contribution in [0, 0.1) is 0 Å². The number of allylic oxidation sites excluding steroid dienone is 3. The summed E-state index contributed by atoms with van der Waals surface area (Å²) in [5.41, 5.74) is 17.3. The molecule has 4 heteroatoms. The lowest BCUT2D eigenvalue weighted by molar-refractivity contribution is 0.112. The summed E-state index contributed by atoms with van der Waals surface area (Å²) in [6, 6.07) is 75.2. The van der Waals surface area contributed by atoms with Gasteiger partial charge in [-0.15, -0.1) is 0 Å². The van der Waals surface area contributed by atoms with Crippen LogP contribution in [0.4, 0.5) is 11.4 Å². The molecule has 0 spiro atoms. The molecule has 9 aromatic carbocycles. The second-order valence-electron chi connectivity index (χ2n) is 16.8. The number of anilines is 2. The molecule has 1 aliphatic rings. The molecule has 0 bridgehead atoms.